The van der Waals surface area contributed by atoms with Crippen molar-refractivity contribution in [3.05, 3.63) is 54.4 Å². The SMILES string of the molecule is O=C(c1cnccn1)N1C[C@@H]2COC[C@]2(COCc2ccncc2)C1. The van der Waals surface area contributed by atoms with Crippen molar-refractivity contribution in [2.75, 3.05) is 32.9 Å². The van der Waals surface area contributed by atoms with Gasteiger partial charge in [0.15, 0.2) is 0 Å². The number of hydrogen-bond acceptors (Lipinski definition) is 6. The normalized spacial score (nSPS) is 25.1. The summed E-state index contributed by atoms with van der Waals surface area (Å²) in [7, 11) is 0. The Labute approximate surface area is 146 Å². The van der Waals surface area contributed by atoms with E-state index in [2.05, 4.69) is 15.0 Å². The van der Waals surface area contributed by atoms with E-state index in [0.29, 0.717) is 51.1 Å². The summed E-state index contributed by atoms with van der Waals surface area (Å²) in [5.41, 5.74) is 1.34. The van der Waals surface area contributed by atoms with E-state index in [4.69, 9.17) is 9.47 Å². The van der Waals surface area contributed by atoms with Gasteiger partial charge >= 0.3 is 0 Å². The number of fused-ring (bicyclic) bond motifs is 1. The summed E-state index contributed by atoms with van der Waals surface area (Å²) in [6.45, 7) is 3.71. The molecule has 2 saturated heterocycles. The van der Waals surface area contributed by atoms with Gasteiger partial charge in [-0.3, -0.25) is 14.8 Å². The zero-order chi connectivity index (χ0) is 17.1. The number of carbonyl (C=O) groups excluding carboxylic acids is 1. The second-order valence-corrected chi connectivity index (χ2v) is 6.70. The Kier molecular flexibility index (Phi) is 4.42. The molecule has 0 N–H and O–H groups in total. The zero-order valence-corrected chi connectivity index (χ0v) is 13.9. The zero-order valence-electron chi connectivity index (χ0n) is 13.9. The summed E-state index contributed by atoms with van der Waals surface area (Å²) in [5.74, 6) is 0.224. The Morgan fingerprint density at radius 1 is 1.28 bits per heavy atom. The Morgan fingerprint density at radius 2 is 2.16 bits per heavy atom. The summed E-state index contributed by atoms with van der Waals surface area (Å²) in [4.78, 5) is 26.6. The lowest BCUT2D eigenvalue weighted by molar-refractivity contribution is 0.0185. The Balaban J connectivity index is 1.41. The minimum absolute atomic E-state index is 0.0731. The molecule has 2 aromatic heterocycles. The third-order valence-electron chi connectivity index (χ3n) is 5.00. The predicted octanol–water partition coefficient (Wildman–Crippen LogP) is 1.18. The van der Waals surface area contributed by atoms with Crippen LogP contribution in [-0.4, -0.2) is 58.7 Å². The fourth-order valence-electron chi connectivity index (χ4n) is 3.61. The van der Waals surface area contributed by atoms with Crippen LogP contribution in [0.3, 0.4) is 0 Å². The molecule has 0 radical (unpaired) electrons. The van der Waals surface area contributed by atoms with Crippen molar-refractivity contribution in [1.29, 1.82) is 0 Å². The van der Waals surface area contributed by atoms with Gasteiger partial charge in [-0.2, -0.15) is 0 Å². The lowest BCUT2D eigenvalue weighted by Crippen LogP contribution is -2.37. The van der Waals surface area contributed by atoms with Gasteiger partial charge in [-0.1, -0.05) is 0 Å². The number of carbonyl (C=O) groups is 1. The maximum absolute atomic E-state index is 12.7. The molecular formula is C18H20N4O3. The second-order valence-electron chi connectivity index (χ2n) is 6.70. The molecule has 7 nitrogen and oxygen atoms in total. The molecule has 0 spiro atoms. The van der Waals surface area contributed by atoms with Crippen LogP contribution >= 0.6 is 0 Å². The monoisotopic (exact) mass is 340 g/mol. The molecule has 0 aliphatic carbocycles. The van der Waals surface area contributed by atoms with Crippen molar-refractivity contribution in [1.82, 2.24) is 19.9 Å². The Bertz CT molecular complexity index is 728. The molecule has 2 aromatic rings. The van der Waals surface area contributed by atoms with Crippen LogP contribution in [0.25, 0.3) is 0 Å². The van der Waals surface area contributed by atoms with Crippen LogP contribution in [0.2, 0.25) is 0 Å². The van der Waals surface area contributed by atoms with E-state index in [-0.39, 0.29) is 11.3 Å². The summed E-state index contributed by atoms with van der Waals surface area (Å²) >= 11 is 0. The molecule has 2 aliphatic heterocycles. The van der Waals surface area contributed by atoms with E-state index >= 15 is 0 Å². The molecule has 0 unspecified atom stereocenters. The van der Waals surface area contributed by atoms with Gasteiger partial charge in [0.05, 0.1) is 32.6 Å². The number of nitrogens with zero attached hydrogens (tertiary/aromatic N) is 4. The molecule has 0 saturated carbocycles. The third-order valence-corrected chi connectivity index (χ3v) is 5.00. The number of hydrogen-bond donors (Lipinski definition) is 0. The van der Waals surface area contributed by atoms with Gasteiger partial charge in [0.2, 0.25) is 0 Å². The van der Waals surface area contributed by atoms with Crippen molar-refractivity contribution >= 4 is 5.91 Å². The summed E-state index contributed by atoms with van der Waals surface area (Å²) in [6.07, 6.45) is 8.14. The number of pyridine rings is 1. The van der Waals surface area contributed by atoms with Crippen LogP contribution in [-0.2, 0) is 16.1 Å². The van der Waals surface area contributed by atoms with Crippen LogP contribution in [0.15, 0.2) is 43.1 Å². The van der Waals surface area contributed by atoms with E-state index in [1.165, 1.54) is 6.20 Å². The van der Waals surface area contributed by atoms with E-state index in [1.807, 2.05) is 17.0 Å². The smallest absolute Gasteiger partial charge is 0.274 e. The van der Waals surface area contributed by atoms with Crippen molar-refractivity contribution in [3.63, 3.8) is 0 Å². The van der Waals surface area contributed by atoms with Gasteiger partial charge in [-0.15, -0.1) is 0 Å². The number of rotatable bonds is 5. The third kappa shape index (κ3) is 3.25. The molecular weight excluding hydrogens is 320 g/mol. The van der Waals surface area contributed by atoms with Crippen molar-refractivity contribution in [2.45, 2.75) is 6.61 Å². The lowest BCUT2D eigenvalue weighted by Gasteiger charge is -2.26. The standard InChI is InChI=1S/C18H20N4O3/c23-17(16-7-20-5-6-21-16)22-8-15-10-25-13-18(15,11-22)12-24-9-14-1-3-19-4-2-14/h1-7,15H,8-13H2/t15-,18-/m1/s1. The first-order valence-electron chi connectivity index (χ1n) is 8.36. The average molecular weight is 340 g/mol. The molecule has 0 aromatic carbocycles. The fourth-order valence-corrected chi connectivity index (χ4v) is 3.61. The van der Waals surface area contributed by atoms with Crippen LogP contribution in [0.1, 0.15) is 16.1 Å². The molecule has 25 heavy (non-hydrogen) atoms. The molecule has 7 heteroatoms. The molecule has 0 bridgehead atoms. The van der Waals surface area contributed by atoms with Crippen LogP contribution < -0.4 is 0 Å². The van der Waals surface area contributed by atoms with Crippen molar-refractivity contribution in [3.8, 4) is 0 Å². The van der Waals surface area contributed by atoms with Gasteiger partial charge in [0.1, 0.15) is 5.69 Å². The molecule has 4 heterocycles. The van der Waals surface area contributed by atoms with Gasteiger partial charge < -0.3 is 14.4 Å². The highest BCUT2D eigenvalue weighted by Gasteiger charge is 2.52. The van der Waals surface area contributed by atoms with Gasteiger partial charge in [0.25, 0.3) is 5.91 Å². The van der Waals surface area contributed by atoms with Crippen LogP contribution in [0.5, 0.6) is 0 Å². The van der Waals surface area contributed by atoms with Crippen molar-refractivity contribution < 1.29 is 14.3 Å². The lowest BCUT2D eigenvalue weighted by atomic mass is 9.82. The summed E-state index contributed by atoms with van der Waals surface area (Å²) in [6, 6.07) is 3.89. The van der Waals surface area contributed by atoms with Crippen molar-refractivity contribution in [2.24, 2.45) is 11.3 Å². The first-order valence-corrected chi connectivity index (χ1v) is 8.36. The highest BCUT2D eigenvalue weighted by Crippen LogP contribution is 2.42. The maximum atomic E-state index is 12.7. The molecule has 1 amide bonds. The minimum Gasteiger partial charge on any atom is -0.380 e. The first kappa shape index (κ1) is 16.1. The van der Waals surface area contributed by atoms with Gasteiger partial charge in [-0.25, -0.2) is 4.98 Å². The second kappa shape index (κ2) is 6.85. The fraction of sp³-hybridized carbons (Fsp3) is 0.444. The van der Waals surface area contributed by atoms with E-state index in [1.54, 1.807) is 24.8 Å². The quantitative estimate of drug-likeness (QED) is 0.813. The largest absolute Gasteiger partial charge is 0.380 e. The first-order chi connectivity index (χ1) is 12.3. The number of amides is 1. The average Bonchev–Trinajstić information content (AvgIpc) is 3.20. The highest BCUT2D eigenvalue weighted by atomic mass is 16.5. The van der Waals surface area contributed by atoms with E-state index in [0.717, 1.165) is 5.56 Å². The molecule has 2 atom stereocenters. The summed E-state index contributed by atoms with van der Waals surface area (Å²) in [5, 5.41) is 0. The minimum atomic E-state index is -0.134. The van der Waals surface area contributed by atoms with Gasteiger partial charge in [-0.05, 0) is 17.7 Å². The number of aromatic nitrogens is 3. The number of ether oxygens (including phenoxy) is 2. The molecule has 2 fully saturated rings. The predicted molar refractivity (Wildman–Crippen MR) is 88.6 cm³/mol. The van der Waals surface area contributed by atoms with E-state index in [9.17, 15) is 4.79 Å². The van der Waals surface area contributed by atoms with E-state index < -0.39 is 0 Å². The number of likely N-dealkylation sites (tertiary alicyclic amines) is 1. The van der Waals surface area contributed by atoms with Crippen LogP contribution in [0.4, 0.5) is 0 Å². The molecule has 2 aliphatic rings. The maximum Gasteiger partial charge on any atom is 0.274 e. The Morgan fingerprint density at radius 3 is 2.96 bits per heavy atom. The molecule has 130 valence electrons. The summed E-state index contributed by atoms with van der Waals surface area (Å²) < 4.78 is 11.7. The van der Waals surface area contributed by atoms with Crippen LogP contribution in [0, 0.1) is 11.3 Å². The molecule has 4 rings (SSSR count). The van der Waals surface area contributed by atoms with Gasteiger partial charge in [0, 0.05) is 49.2 Å². The topological polar surface area (TPSA) is 77.4 Å². The Hall–Kier alpha value is -2.38. The highest BCUT2D eigenvalue weighted by molar-refractivity contribution is 5.92.